The standard InChI is InChI=1S/C26H23FN4O3S/c1-17-21(14-16-34-17)23-28-29-26(31(23)20-7-3-2-4-8-20)35-22-9-5-6-15-30(25(22)33)24(32)18-10-12-19(27)13-11-18/h2-4,7-8,10-14,16,22H,5-6,9,15H2,1H3/t22-/m1/s1. The van der Waals surface area contributed by atoms with Crippen molar-refractivity contribution < 1.29 is 18.4 Å². The van der Waals surface area contributed by atoms with Crippen molar-refractivity contribution in [2.45, 2.75) is 36.6 Å². The maximum Gasteiger partial charge on any atom is 0.260 e. The fourth-order valence-corrected chi connectivity index (χ4v) is 5.29. The van der Waals surface area contributed by atoms with Gasteiger partial charge in [0, 0.05) is 17.8 Å². The third-order valence-corrected chi connectivity index (χ3v) is 7.17. The maximum absolute atomic E-state index is 13.5. The Kier molecular flexibility index (Phi) is 6.50. The van der Waals surface area contributed by atoms with Gasteiger partial charge in [0.2, 0.25) is 5.91 Å². The van der Waals surface area contributed by atoms with Crippen LogP contribution >= 0.6 is 11.8 Å². The Bertz CT molecular complexity index is 1350. The molecular formula is C26H23FN4O3S. The molecule has 1 aliphatic heterocycles. The molecule has 0 aliphatic carbocycles. The Balaban J connectivity index is 1.48. The Hall–Kier alpha value is -3.72. The van der Waals surface area contributed by atoms with E-state index in [4.69, 9.17) is 4.42 Å². The van der Waals surface area contributed by atoms with Crippen LogP contribution in [0.15, 0.2) is 76.5 Å². The number of aryl methyl sites for hydroxylation is 1. The first-order valence-electron chi connectivity index (χ1n) is 11.4. The van der Waals surface area contributed by atoms with E-state index in [1.807, 2.05) is 47.9 Å². The monoisotopic (exact) mass is 490 g/mol. The number of amides is 2. The summed E-state index contributed by atoms with van der Waals surface area (Å²) >= 11 is 1.31. The summed E-state index contributed by atoms with van der Waals surface area (Å²) in [6.07, 6.45) is 3.72. The van der Waals surface area contributed by atoms with Crippen LogP contribution in [0.1, 0.15) is 35.4 Å². The highest BCUT2D eigenvalue weighted by molar-refractivity contribution is 8.00. The number of nitrogens with zero attached hydrogens (tertiary/aromatic N) is 4. The molecule has 1 aliphatic rings. The fourth-order valence-electron chi connectivity index (χ4n) is 4.14. The van der Waals surface area contributed by atoms with E-state index in [2.05, 4.69) is 10.2 Å². The molecule has 5 rings (SSSR count). The van der Waals surface area contributed by atoms with Gasteiger partial charge in [0.05, 0.1) is 17.1 Å². The molecule has 1 atom stereocenters. The van der Waals surface area contributed by atoms with Crippen LogP contribution in [0.25, 0.3) is 17.1 Å². The summed E-state index contributed by atoms with van der Waals surface area (Å²) in [5.41, 5.74) is 1.96. The van der Waals surface area contributed by atoms with Gasteiger partial charge in [0.1, 0.15) is 11.6 Å². The first-order chi connectivity index (χ1) is 17.0. The number of likely N-dealkylation sites (tertiary alicyclic amines) is 1. The minimum Gasteiger partial charge on any atom is -0.469 e. The Morgan fingerprint density at radius 1 is 1.06 bits per heavy atom. The Labute approximate surface area is 206 Å². The summed E-state index contributed by atoms with van der Waals surface area (Å²) in [7, 11) is 0. The van der Waals surface area contributed by atoms with Crippen LogP contribution in [0.4, 0.5) is 4.39 Å². The lowest BCUT2D eigenvalue weighted by molar-refractivity contribution is -0.127. The molecule has 0 bridgehead atoms. The largest absolute Gasteiger partial charge is 0.469 e. The lowest BCUT2D eigenvalue weighted by atomic mass is 10.2. The molecular weight excluding hydrogens is 467 g/mol. The molecule has 35 heavy (non-hydrogen) atoms. The summed E-state index contributed by atoms with van der Waals surface area (Å²) in [5.74, 6) is 0.214. The van der Waals surface area contributed by atoms with Crippen molar-refractivity contribution in [3.8, 4) is 17.1 Å². The number of rotatable bonds is 5. The van der Waals surface area contributed by atoms with Crippen molar-refractivity contribution in [2.24, 2.45) is 0 Å². The van der Waals surface area contributed by atoms with Gasteiger partial charge in [-0.05, 0) is 62.2 Å². The molecule has 2 aromatic heterocycles. The molecule has 7 nitrogen and oxygen atoms in total. The normalized spacial score (nSPS) is 16.3. The smallest absolute Gasteiger partial charge is 0.260 e. The van der Waals surface area contributed by atoms with Crippen LogP contribution in [-0.4, -0.2) is 43.3 Å². The SMILES string of the molecule is Cc1occc1-c1nnc(S[C@@H]2CCCCN(C(=O)c3ccc(F)cc3)C2=O)n1-c1ccccc1. The third kappa shape index (κ3) is 4.64. The molecule has 0 saturated carbocycles. The van der Waals surface area contributed by atoms with Crippen LogP contribution in [-0.2, 0) is 4.79 Å². The molecule has 178 valence electrons. The molecule has 0 N–H and O–H groups in total. The van der Waals surface area contributed by atoms with Gasteiger partial charge in [0.25, 0.3) is 5.91 Å². The number of hydrogen-bond donors (Lipinski definition) is 0. The minimum atomic E-state index is -0.508. The minimum absolute atomic E-state index is 0.273. The zero-order chi connectivity index (χ0) is 24.4. The summed E-state index contributed by atoms with van der Waals surface area (Å²) in [5, 5.41) is 8.90. The molecule has 9 heteroatoms. The van der Waals surface area contributed by atoms with Gasteiger partial charge >= 0.3 is 0 Å². The zero-order valence-corrected chi connectivity index (χ0v) is 19.9. The zero-order valence-electron chi connectivity index (χ0n) is 19.1. The summed E-state index contributed by atoms with van der Waals surface area (Å²) < 4.78 is 20.7. The second-order valence-corrected chi connectivity index (χ2v) is 9.44. The van der Waals surface area contributed by atoms with Crippen molar-refractivity contribution in [1.29, 1.82) is 0 Å². The molecule has 2 aromatic carbocycles. The molecule has 1 saturated heterocycles. The van der Waals surface area contributed by atoms with Gasteiger partial charge in [-0.3, -0.25) is 19.1 Å². The van der Waals surface area contributed by atoms with E-state index in [0.717, 1.165) is 17.7 Å². The predicted octanol–water partition coefficient (Wildman–Crippen LogP) is 5.29. The lowest BCUT2D eigenvalue weighted by Gasteiger charge is -2.22. The molecule has 0 unspecified atom stereocenters. The van der Waals surface area contributed by atoms with Crippen LogP contribution in [0.3, 0.4) is 0 Å². The first-order valence-corrected chi connectivity index (χ1v) is 12.2. The van der Waals surface area contributed by atoms with E-state index in [0.29, 0.717) is 36.1 Å². The number of aromatic nitrogens is 3. The van der Waals surface area contributed by atoms with E-state index in [1.165, 1.54) is 40.9 Å². The average Bonchev–Trinajstić information content (AvgIpc) is 3.44. The third-order valence-electron chi connectivity index (χ3n) is 5.97. The topological polar surface area (TPSA) is 81.2 Å². The van der Waals surface area contributed by atoms with Gasteiger partial charge in [-0.1, -0.05) is 36.4 Å². The predicted molar refractivity (Wildman–Crippen MR) is 130 cm³/mol. The van der Waals surface area contributed by atoms with Crippen molar-refractivity contribution >= 4 is 23.6 Å². The number of hydrogen-bond acceptors (Lipinski definition) is 6. The van der Waals surface area contributed by atoms with Crippen molar-refractivity contribution in [3.05, 3.63) is 84.1 Å². The van der Waals surface area contributed by atoms with E-state index < -0.39 is 17.0 Å². The Morgan fingerprint density at radius 3 is 2.54 bits per heavy atom. The number of imide groups is 1. The van der Waals surface area contributed by atoms with E-state index in [-0.39, 0.29) is 11.5 Å². The number of para-hydroxylation sites is 1. The first kappa shape index (κ1) is 23.0. The maximum atomic E-state index is 13.5. The van der Waals surface area contributed by atoms with E-state index >= 15 is 0 Å². The van der Waals surface area contributed by atoms with Crippen LogP contribution < -0.4 is 0 Å². The highest BCUT2D eigenvalue weighted by Crippen LogP contribution is 2.35. The molecule has 4 aromatic rings. The van der Waals surface area contributed by atoms with Gasteiger partial charge < -0.3 is 4.42 Å². The lowest BCUT2D eigenvalue weighted by Crippen LogP contribution is -2.41. The number of furan rings is 1. The molecule has 3 heterocycles. The Morgan fingerprint density at radius 2 is 1.83 bits per heavy atom. The van der Waals surface area contributed by atoms with Crippen LogP contribution in [0, 0.1) is 12.7 Å². The summed E-state index contributed by atoms with van der Waals surface area (Å²) in [6, 6.07) is 16.8. The molecule has 1 fully saturated rings. The van der Waals surface area contributed by atoms with Gasteiger partial charge in [-0.25, -0.2) is 4.39 Å². The number of carbonyl (C=O) groups excluding carboxylic acids is 2. The number of thioether (sulfide) groups is 1. The molecule has 0 spiro atoms. The van der Waals surface area contributed by atoms with Crippen molar-refractivity contribution in [3.63, 3.8) is 0 Å². The fraction of sp³-hybridized carbons (Fsp3) is 0.231. The van der Waals surface area contributed by atoms with Crippen molar-refractivity contribution in [1.82, 2.24) is 19.7 Å². The number of halogens is 1. The quantitative estimate of drug-likeness (QED) is 0.354. The van der Waals surface area contributed by atoms with Gasteiger partial charge in [-0.15, -0.1) is 10.2 Å². The summed E-state index contributed by atoms with van der Waals surface area (Å²) in [4.78, 5) is 27.9. The van der Waals surface area contributed by atoms with E-state index in [9.17, 15) is 14.0 Å². The highest BCUT2D eigenvalue weighted by Gasteiger charge is 2.34. The number of benzene rings is 2. The summed E-state index contributed by atoms with van der Waals surface area (Å²) in [6.45, 7) is 2.19. The van der Waals surface area contributed by atoms with Crippen LogP contribution in [0.2, 0.25) is 0 Å². The van der Waals surface area contributed by atoms with E-state index in [1.54, 1.807) is 6.26 Å². The highest BCUT2D eigenvalue weighted by atomic mass is 32.2. The van der Waals surface area contributed by atoms with Gasteiger partial charge in [-0.2, -0.15) is 0 Å². The van der Waals surface area contributed by atoms with Crippen molar-refractivity contribution in [2.75, 3.05) is 6.54 Å². The average molecular weight is 491 g/mol. The molecule has 2 amide bonds. The van der Waals surface area contributed by atoms with Gasteiger partial charge in [0.15, 0.2) is 11.0 Å². The second-order valence-electron chi connectivity index (χ2n) is 8.27. The second kappa shape index (κ2) is 9.87. The molecule has 0 radical (unpaired) electrons. The number of carbonyl (C=O) groups is 2. The van der Waals surface area contributed by atoms with Crippen LogP contribution in [0.5, 0.6) is 0 Å².